The van der Waals surface area contributed by atoms with Gasteiger partial charge in [0.25, 0.3) is 0 Å². The van der Waals surface area contributed by atoms with Gasteiger partial charge in [-0.1, -0.05) is 31.2 Å². The van der Waals surface area contributed by atoms with Crippen molar-refractivity contribution in [3.8, 4) is 0 Å². The Balaban J connectivity index is 1.91. The van der Waals surface area contributed by atoms with E-state index in [-0.39, 0.29) is 0 Å². The summed E-state index contributed by atoms with van der Waals surface area (Å²) in [6.45, 7) is 7.68. The van der Waals surface area contributed by atoms with Gasteiger partial charge in [0.1, 0.15) is 0 Å². The highest BCUT2D eigenvalue weighted by Crippen LogP contribution is 2.19. The molecular weight excluding hydrogens is 246 g/mol. The van der Waals surface area contributed by atoms with Gasteiger partial charge in [0.05, 0.1) is 0 Å². The number of hydrogen-bond donors (Lipinski definition) is 1. The third kappa shape index (κ3) is 4.05. The molecule has 0 bridgehead atoms. The Hall–Kier alpha value is -0.900. The minimum Gasteiger partial charge on any atom is -0.329 e. The highest BCUT2D eigenvalue weighted by molar-refractivity contribution is 5.25. The normalized spacial score (nSPS) is 17.8. The second-order valence-corrected chi connectivity index (χ2v) is 5.88. The van der Waals surface area contributed by atoms with E-state index in [9.17, 15) is 0 Å². The van der Waals surface area contributed by atoms with E-state index >= 15 is 0 Å². The molecule has 1 unspecified atom stereocenters. The average Bonchev–Trinajstić information content (AvgIpc) is 3.00. The SMILES string of the molecule is CCc1ccc(C(CN)N(C)CCN2CCCC2)cc1. The first-order valence-corrected chi connectivity index (χ1v) is 7.96. The first-order chi connectivity index (χ1) is 9.74. The Labute approximate surface area is 123 Å². The standard InChI is InChI=1S/C17H29N3/c1-3-15-6-8-16(9-7-15)17(14-18)19(2)12-13-20-10-4-5-11-20/h6-9,17H,3-5,10-14,18H2,1-2H3. The van der Waals surface area contributed by atoms with E-state index in [2.05, 4.69) is 48.0 Å². The maximum atomic E-state index is 6.00. The molecule has 1 saturated heterocycles. The van der Waals surface area contributed by atoms with Crippen molar-refractivity contribution in [2.75, 3.05) is 39.8 Å². The van der Waals surface area contributed by atoms with Crippen molar-refractivity contribution in [1.29, 1.82) is 0 Å². The minimum absolute atomic E-state index is 0.337. The third-order valence-corrected chi connectivity index (χ3v) is 4.50. The highest BCUT2D eigenvalue weighted by atomic mass is 15.2. The lowest BCUT2D eigenvalue weighted by molar-refractivity contribution is 0.209. The molecule has 1 aromatic carbocycles. The molecular formula is C17H29N3. The highest BCUT2D eigenvalue weighted by Gasteiger charge is 2.17. The Morgan fingerprint density at radius 3 is 2.40 bits per heavy atom. The maximum Gasteiger partial charge on any atom is 0.0467 e. The molecule has 0 aromatic heterocycles. The number of rotatable bonds is 7. The van der Waals surface area contributed by atoms with Crippen LogP contribution in [-0.4, -0.2) is 49.6 Å². The van der Waals surface area contributed by atoms with Crippen LogP contribution in [-0.2, 0) is 6.42 Å². The number of hydrogen-bond acceptors (Lipinski definition) is 3. The quantitative estimate of drug-likeness (QED) is 0.828. The van der Waals surface area contributed by atoms with Crippen molar-refractivity contribution in [3.05, 3.63) is 35.4 Å². The summed E-state index contributed by atoms with van der Waals surface area (Å²) < 4.78 is 0. The number of nitrogens with two attached hydrogens (primary N) is 1. The van der Waals surface area contributed by atoms with E-state index in [1.54, 1.807) is 0 Å². The van der Waals surface area contributed by atoms with E-state index in [0.29, 0.717) is 12.6 Å². The van der Waals surface area contributed by atoms with Crippen LogP contribution in [0, 0.1) is 0 Å². The predicted molar refractivity (Wildman–Crippen MR) is 85.9 cm³/mol. The number of aryl methyl sites for hydroxylation is 1. The molecule has 3 heteroatoms. The van der Waals surface area contributed by atoms with Crippen LogP contribution in [0.25, 0.3) is 0 Å². The molecule has 1 aliphatic rings. The van der Waals surface area contributed by atoms with E-state index in [1.807, 2.05) is 0 Å². The molecule has 0 radical (unpaired) electrons. The van der Waals surface area contributed by atoms with Crippen molar-refractivity contribution >= 4 is 0 Å². The zero-order chi connectivity index (χ0) is 14.4. The zero-order valence-corrected chi connectivity index (χ0v) is 13.0. The molecule has 112 valence electrons. The number of likely N-dealkylation sites (N-methyl/N-ethyl adjacent to an activating group) is 1. The summed E-state index contributed by atoms with van der Waals surface area (Å²) in [5.74, 6) is 0. The molecule has 0 spiro atoms. The van der Waals surface area contributed by atoms with E-state index in [1.165, 1.54) is 43.6 Å². The monoisotopic (exact) mass is 275 g/mol. The number of likely N-dealkylation sites (tertiary alicyclic amines) is 1. The molecule has 1 atom stereocenters. The minimum atomic E-state index is 0.337. The second-order valence-electron chi connectivity index (χ2n) is 5.88. The Kier molecular flexibility index (Phi) is 6.02. The molecule has 0 aliphatic carbocycles. The van der Waals surface area contributed by atoms with Crippen molar-refractivity contribution < 1.29 is 0 Å². The summed E-state index contributed by atoms with van der Waals surface area (Å²) in [6, 6.07) is 9.27. The molecule has 0 saturated carbocycles. The third-order valence-electron chi connectivity index (χ3n) is 4.50. The van der Waals surface area contributed by atoms with E-state index in [4.69, 9.17) is 5.73 Å². The lowest BCUT2D eigenvalue weighted by Gasteiger charge is -2.29. The van der Waals surface area contributed by atoms with Crippen molar-refractivity contribution in [3.63, 3.8) is 0 Å². The fourth-order valence-electron chi connectivity index (χ4n) is 3.01. The van der Waals surface area contributed by atoms with Gasteiger partial charge >= 0.3 is 0 Å². The lowest BCUT2D eigenvalue weighted by atomic mass is 10.0. The summed E-state index contributed by atoms with van der Waals surface area (Å²) >= 11 is 0. The van der Waals surface area contributed by atoms with Crippen LogP contribution >= 0.6 is 0 Å². The maximum absolute atomic E-state index is 6.00. The van der Waals surface area contributed by atoms with Crippen molar-refractivity contribution in [1.82, 2.24) is 9.80 Å². The van der Waals surface area contributed by atoms with Gasteiger partial charge in [-0.3, -0.25) is 4.90 Å². The zero-order valence-electron chi connectivity index (χ0n) is 13.0. The topological polar surface area (TPSA) is 32.5 Å². The van der Waals surface area contributed by atoms with Crippen LogP contribution in [0.1, 0.15) is 36.9 Å². The van der Waals surface area contributed by atoms with Crippen LogP contribution in [0.5, 0.6) is 0 Å². The fraction of sp³-hybridized carbons (Fsp3) is 0.647. The lowest BCUT2D eigenvalue weighted by Crippen LogP contribution is -2.36. The van der Waals surface area contributed by atoms with Gasteiger partial charge in [-0.2, -0.15) is 0 Å². The van der Waals surface area contributed by atoms with Crippen LogP contribution in [0.15, 0.2) is 24.3 Å². The van der Waals surface area contributed by atoms with Gasteiger partial charge in [0.15, 0.2) is 0 Å². The number of benzene rings is 1. The van der Waals surface area contributed by atoms with Gasteiger partial charge in [-0.05, 0) is 50.5 Å². The van der Waals surface area contributed by atoms with Crippen LogP contribution in [0.2, 0.25) is 0 Å². The number of nitrogens with zero attached hydrogens (tertiary/aromatic N) is 2. The summed E-state index contributed by atoms with van der Waals surface area (Å²) in [4.78, 5) is 4.96. The molecule has 1 aliphatic heterocycles. The van der Waals surface area contributed by atoms with Gasteiger partial charge in [-0.25, -0.2) is 0 Å². The molecule has 0 amide bonds. The summed E-state index contributed by atoms with van der Waals surface area (Å²) in [5, 5.41) is 0. The second kappa shape index (κ2) is 7.77. The van der Waals surface area contributed by atoms with Gasteiger partial charge < -0.3 is 10.6 Å². The average molecular weight is 275 g/mol. The van der Waals surface area contributed by atoms with Gasteiger partial charge in [0.2, 0.25) is 0 Å². The smallest absolute Gasteiger partial charge is 0.0467 e. The molecule has 3 nitrogen and oxygen atoms in total. The van der Waals surface area contributed by atoms with Crippen LogP contribution in [0.3, 0.4) is 0 Å². The van der Waals surface area contributed by atoms with Crippen molar-refractivity contribution in [2.24, 2.45) is 5.73 Å². The Bertz CT molecular complexity index is 382. The molecule has 1 aromatic rings. The molecule has 2 rings (SSSR count). The van der Waals surface area contributed by atoms with Crippen LogP contribution in [0.4, 0.5) is 0 Å². The molecule has 20 heavy (non-hydrogen) atoms. The molecule has 1 heterocycles. The van der Waals surface area contributed by atoms with Gasteiger partial charge in [-0.15, -0.1) is 0 Å². The Morgan fingerprint density at radius 1 is 1.20 bits per heavy atom. The first-order valence-electron chi connectivity index (χ1n) is 7.96. The van der Waals surface area contributed by atoms with Gasteiger partial charge in [0, 0.05) is 25.7 Å². The summed E-state index contributed by atoms with van der Waals surface area (Å²) in [5.41, 5.74) is 8.74. The molecule has 2 N–H and O–H groups in total. The van der Waals surface area contributed by atoms with E-state index in [0.717, 1.165) is 13.0 Å². The molecule has 1 fully saturated rings. The van der Waals surface area contributed by atoms with Crippen LogP contribution < -0.4 is 5.73 Å². The largest absolute Gasteiger partial charge is 0.329 e. The predicted octanol–water partition coefficient (Wildman–Crippen LogP) is 2.28. The Morgan fingerprint density at radius 2 is 1.85 bits per heavy atom. The van der Waals surface area contributed by atoms with Crippen molar-refractivity contribution in [2.45, 2.75) is 32.2 Å². The first kappa shape index (κ1) is 15.5. The summed E-state index contributed by atoms with van der Waals surface area (Å²) in [7, 11) is 2.20. The van der Waals surface area contributed by atoms with E-state index < -0.39 is 0 Å². The summed E-state index contributed by atoms with van der Waals surface area (Å²) in [6.07, 6.45) is 3.82. The fourth-order valence-corrected chi connectivity index (χ4v) is 3.01.